The van der Waals surface area contributed by atoms with Gasteiger partial charge in [-0.2, -0.15) is 0 Å². The second-order valence-electron chi connectivity index (χ2n) is 7.33. The molecule has 2 N–H and O–H groups in total. The van der Waals surface area contributed by atoms with Gasteiger partial charge >= 0.3 is 5.97 Å². The van der Waals surface area contributed by atoms with Gasteiger partial charge in [0.15, 0.2) is 11.4 Å². The minimum atomic E-state index is -0.725. The lowest BCUT2D eigenvalue weighted by Crippen LogP contribution is -2.34. The molecule has 0 bridgehead atoms. The highest BCUT2D eigenvalue weighted by molar-refractivity contribution is 5.94. The number of primary amides is 1. The maximum Gasteiger partial charge on any atom is 0.308 e. The maximum absolute atomic E-state index is 11.8. The highest BCUT2D eigenvalue weighted by Crippen LogP contribution is 2.27. The third-order valence-electron chi connectivity index (χ3n) is 5.01. The monoisotopic (exact) mass is 382 g/mol. The first-order valence-corrected chi connectivity index (χ1v) is 9.51. The van der Waals surface area contributed by atoms with Gasteiger partial charge in [0.2, 0.25) is 0 Å². The molecule has 1 amide bonds. The van der Waals surface area contributed by atoms with Crippen molar-refractivity contribution in [1.82, 2.24) is 9.97 Å². The second-order valence-corrected chi connectivity index (χ2v) is 7.33. The van der Waals surface area contributed by atoms with Gasteiger partial charge in [0, 0.05) is 32.1 Å². The summed E-state index contributed by atoms with van der Waals surface area (Å²) in [4.78, 5) is 34.2. The molecule has 1 saturated heterocycles. The van der Waals surface area contributed by atoms with Gasteiger partial charge in [-0.05, 0) is 50.3 Å². The molecule has 1 aromatic carbocycles. The molecule has 1 aliphatic rings. The molecule has 7 nitrogen and oxygen atoms in total. The average molecular weight is 382 g/mol. The Morgan fingerprint density at radius 3 is 2.54 bits per heavy atom. The summed E-state index contributed by atoms with van der Waals surface area (Å²) >= 11 is 0. The molecule has 1 aliphatic heterocycles. The van der Waals surface area contributed by atoms with Crippen LogP contribution in [0.5, 0.6) is 5.75 Å². The van der Waals surface area contributed by atoms with Crippen LogP contribution in [0.1, 0.15) is 47.3 Å². The Bertz CT molecular complexity index is 889. The van der Waals surface area contributed by atoms with Gasteiger partial charge in [0.1, 0.15) is 5.82 Å². The van der Waals surface area contributed by atoms with Crippen LogP contribution in [0, 0.1) is 19.8 Å². The number of hydrogen-bond donors (Lipinski definition) is 1. The van der Waals surface area contributed by atoms with Crippen LogP contribution in [0.4, 0.5) is 5.69 Å². The fraction of sp³-hybridized carbons (Fsp3) is 0.429. The fourth-order valence-corrected chi connectivity index (χ4v) is 3.62. The Labute approximate surface area is 164 Å². The van der Waals surface area contributed by atoms with Crippen molar-refractivity contribution in [3.63, 3.8) is 0 Å². The van der Waals surface area contributed by atoms with Crippen LogP contribution in [0.2, 0.25) is 0 Å². The van der Waals surface area contributed by atoms with Crippen molar-refractivity contribution in [3.05, 3.63) is 47.0 Å². The molecule has 148 valence electrons. The van der Waals surface area contributed by atoms with E-state index >= 15 is 0 Å². The first-order chi connectivity index (χ1) is 13.3. The molecule has 0 spiro atoms. The number of nitrogens with zero attached hydrogens (tertiary/aromatic N) is 3. The number of piperidine rings is 1. The van der Waals surface area contributed by atoms with E-state index in [0.717, 1.165) is 25.9 Å². The van der Waals surface area contributed by atoms with Crippen LogP contribution in [-0.2, 0) is 11.2 Å². The number of rotatable bonds is 5. The lowest BCUT2D eigenvalue weighted by atomic mass is 9.92. The van der Waals surface area contributed by atoms with Gasteiger partial charge < -0.3 is 15.4 Å². The van der Waals surface area contributed by atoms with Crippen molar-refractivity contribution in [2.75, 3.05) is 18.0 Å². The van der Waals surface area contributed by atoms with E-state index < -0.39 is 11.9 Å². The zero-order valence-electron chi connectivity index (χ0n) is 16.6. The molecule has 2 heterocycles. The van der Waals surface area contributed by atoms with Crippen LogP contribution in [0.25, 0.3) is 0 Å². The third kappa shape index (κ3) is 4.65. The highest BCUT2D eigenvalue weighted by Gasteiger charge is 2.24. The topological polar surface area (TPSA) is 98.4 Å². The molecular formula is C21H26N4O3. The minimum Gasteiger partial charge on any atom is -0.422 e. The Morgan fingerprint density at radius 1 is 1.21 bits per heavy atom. The summed E-state index contributed by atoms with van der Waals surface area (Å²) in [6, 6.07) is 8.54. The molecule has 0 atom stereocenters. The number of carbonyl (C=O) groups is 2. The van der Waals surface area contributed by atoms with E-state index in [9.17, 15) is 9.59 Å². The molecule has 2 aromatic rings. The first kappa shape index (κ1) is 19.8. The van der Waals surface area contributed by atoms with Gasteiger partial charge in [-0.1, -0.05) is 12.1 Å². The Morgan fingerprint density at radius 2 is 1.93 bits per heavy atom. The predicted molar refractivity (Wildman–Crippen MR) is 106 cm³/mol. The number of aryl methyl sites for hydroxylation is 2. The molecule has 7 heteroatoms. The third-order valence-corrected chi connectivity index (χ3v) is 5.01. The van der Waals surface area contributed by atoms with E-state index in [1.165, 1.54) is 18.2 Å². The van der Waals surface area contributed by atoms with Crippen molar-refractivity contribution < 1.29 is 14.3 Å². The van der Waals surface area contributed by atoms with Crippen molar-refractivity contribution in [2.24, 2.45) is 11.7 Å². The van der Waals surface area contributed by atoms with Gasteiger partial charge in [-0.3, -0.25) is 9.59 Å². The first-order valence-electron chi connectivity index (χ1n) is 9.51. The molecule has 0 unspecified atom stereocenters. The number of anilines is 1. The Balaban J connectivity index is 1.69. The van der Waals surface area contributed by atoms with Crippen LogP contribution in [0.15, 0.2) is 24.3 Å². The summed E-state index contributed by atoms with van der Waals surface area (Å²) in [5, 5.41) is 0. The fourth-order valence-electron chi connectivity index (χ4n) is 3.62. The number of ether oxygens (including phenoxy) is 1. The summed E-state index contributed by atoms with van der Waals surface area (Å²) in [5.41, 5.74) is 8.36. The van der Waals surface area contributed by atoms with E-state index in [4.69, 9.17) is 10.5 Å². The molecule has 3 rings (SSSR count). The summed E-state index contributed by atoms with van der Waals surface area (Å²) in [7, 11) is 0. The van der Waals surface area contributed by atoms with Crippen LogP contribution in [0.3, 0.4) is 0 Å². The van der Waals surface area contributed by atoms with E-state index in [0.29, 0.717) is 23.9 Å². The molecule has 28 heavy (non-hydrogen) atoms. The SMILES string of the molecule is CC(=O)Oc1c(C)nc(CC2CCN(c3cccc(C)c3)CC2)nc1C(N)=O. The summed E-state index contributed by atoms with van der Waals surface area (Å²) in [6.07, 6.45) is 2.71. The van der Waals surface area contributed by atoms with Crippen molar-refractivity contribution in [2.45, 2.75) is 40.0 Å². The Kier molecular flexibility index (Phi) is 5.92. The average Bonchev–Trinajstić information content (AvgIpc) is 2.64. The van der Waals surface area contributed by atoms with Crippen LogP contribution in [-0.4, -0.2) is 34.9 Å². The number of carbonyl (C=O) groups excluding carboxylic acids is 2. The predicted octanol–water partition coefficient (Wildman–Crippen LogP) is 2.58. The molecule has 1 fully saturated rings. The zero-order valence-corrected chi connectivity index (χ0v) is 16.6. The lowest BCUT2D eigenvalue weighted by molar-refractivity contribution is -0.132. The maximum atomic E-state index is 11.8. The van der Waals surface area contributed by atoms with Crippen molar-refractivity contribution in [1.29, 1.82) is 0 Å². The normalized spacial score (nSPS) is 14.8. The van der Waals surface area contributed by atoms with E-state index in [2.05, 4.69) is 46.1 Å². The van der Waals surface area contributed by atoms with E-state index in [-0.39, 0.29) is 11.4 Å². The molecule has 0 aliphatic carbocycles. The number of esters is 1. The van der Waals surface area contributed by atoms with Gasteiger partial charge in [0.05, 0.1) is 5.69 Å². The minimum absolute atomic E-state index is 0.0325. The van der Waals surface area contributed by atoms with Gasteiger partial charge in [-0.15, -0.1) is 0 Å². The number of aromatic nitrogens is 2. The highest BCUT2D eigenvalue weighted by atomic mass is 16.5. The molecule has 0 saturated carbocycles. The second kappa shape index (κ2) is 8.37. The summed E-state index contributed by atoms with van der Waals surface area (Å²) < 4.78 is 5.08. The zero-order chi connectivity index (χ0) is 20.3. The lowest BCUT2D eigenvalue weighted by Gasteiger charge is -2.33. The van der Waals surface area contributed by atoms with Gasteiger partial charge in [-0.25, -0.2) is 9.97 Å². The van der Waals surface area contributed by atoms with Gasteiger partial charge in [0.25, 0.3) is 5.91 Å². The van der Waals surface area contributed by atoms with E-state index in [1.807, 2.05) is 0 Å². The number of benzene rings is 1. The Hall–Kier alpha value is -2.96. The van der Waals surface area contributed by atoms with Crippen LogP contribution >= 0.6 is 0 Å². The van der Waals surface area contributed by atoms with E-state index in [1.54, 1.807) is 6.92 Å². The number of amides is 1. The van der Waals surface area contributed by atoms with Crippen LogP contribution < -0.4 is 15.4 Å². The van der Waals surface area contributed by atoms with Crippen molar-refractivity contribution in [3.8, 4) is 5.75 Å². The smallest absolute Gasteiger partial charge is 0.308 e. The largest absolute Gasteiger partial charge is 0.422 e. The molecule has 1 aromatic heterocycles. The number of nitrogens with two attached hydrogens (primary N) is 1. The van der Waals surface area contributed by atoms with Crippen molar-refractivity contribution >= 4 is 17.6 Å². The molecular weight excluding hydrogens is 356 g/mol. The summed E-state index contributed by atoms with van der Waals surface area (Å²) in [6.45, 7) is 7.00. The molecule has 0 radical (unpaired) electrons. The quantitative estimate of drug-likeness (QED) is 0.798. The standard InChI is InChI=1S/C21H26N4O3/c1-13-5-4-6-17(11-13)25-9-7-16(8-10-25)12-18-23-14(2)20(28-15(3)26)19(24-18)21(22)27/h4-6,11,16H,7-10,12H2,1-3H3,(H2,22,27). The summed E-state index contributed by atoms with van der Waals surface area (Å²) in [5.74, 6) is -0.210. The number of hydrogen-bond acceptors (Lipinski definition) is 6.